The molecule has 0 aromatic rings. The quantitative estimate of drug-likeness (QED) is 0.0598. The first-order valence-corrected chi connectivity index (χ1v) is 19.5. The fraction of sp³-hybridized carbons (Fsp3) is 0.793. The molecule has 1 fully saturated rings. The second kappa shape index (κ2) is 12.9. The zero-order chi connectivity index (χ0) is 29.0. The number of carbonyl (C=O) groups excluding carboxylic acids is 2. The van der Waals surface area contributed by atoms with Crippen molar-refractivity contribution in [3.8, 4) is 0 Å². The van der Waals surface area contributed by atoms with E-state index in [9.17, 15) is 9.59 Å². The molecule has 1 saturated heterocycles. The summed E-state index contributed by atoms with van der Waals surface area (Å²) in [5, 5.41) is 0.0696. The maximum atomic E-state index is 12.1. The van der Waals surface area contributed by atoms with Gasteiger partial charge in [-0.3, -0.25) is 0 Å². The van der Waals surface area contributed by atoms with Crippen LogP contribution in [0.1, 0.15) is 75.7 Å². The van der Waals surface area contributed by atoms with E-state index in [0.717, 1.165) is 11.9 Å². The lowest BCUT2D eigenvalue weighted by Crippen LogP contribution is -2.49. The normalized spacial score (nSPS) is 22.3. The van der Waals surface area contributed by atoms with Crippen LogP contribution in [-0.2, 0) is 27.9 Å². The molecule has 1 aliphatic heterocycles. The van der Waals surface area contributed by atoms with E-state index in [1.54, 1.807) is 13.8 Å². The molecule has 1 heterocycles. The van der Waals surface area contributed by atoms with Crippen molar-refractivity contribution in [1.29, 1.82) is 0 Å². The molecule has 1 aliphatic rings. The second-order valence-electron chi connectivity index (χ2n) is 13.5. The van der Waals surface area contributed by atoms with Crippen LogP contribution in [-0.4, -0.2) is 59.9 Å². The summed E-state index contributed by atoms with van der Waals surface area (Å²) < 4.78 is 25.0. The number of hydrogen-bond acceptors (Lipinski definition) is 6. The summed E-state index contributed by atoms with van der Waals surface area (Å²) in [6.45, 7) is 30.3. The lowest BCUT2D eigenvalue weighted by atomic mass is 9.95. The largest absolute Gasteiger partial charge is 0.463 e. The van der Waals surface area contributed by atoms with E-state index < -0.39 is 16.6 Å². The first kappa shape index (κ1) is 34.0. The molecule has 0 spiro atoms. The van der Waals surface area contributed by atoms with Gasteiger partial charge in [-0.2, -0.15) is 0 Å². The predicted molar refractivity (Wildman–Crippen MR) is 157 cm³/mol. The van der Waals surface area contributed by atoms with Gasteiger partial charge in [-0.05, 0) is 63.1 Å². The SMILES string of the molecule is CCOC(=O)/C(C)=C/C(C)=C/[C@@H](C)[C@H](O[Si](C)(C)C(C)(C)C)[C@@H]1O[C@H]1[C@@H](CC=O)O[Si](C)(C)C(C)(C)C. The molecule has 0 saturated carbocycles. The van der Waals surface area contributed by atoms with E-state index in [4.69, 9.17) is 18.3 Å². The standard InChI is InChI=1S/C29H54O6Si2/c1-15-32-27(31)22(4)19-20(2)18-21(3)24(35-37(13,14)29(8,9)10)26-25(33-26)23(16-17-30)34-36(11,12)28(5,6)7/h17-19,21,23-26H,15-16H2,1-14H3/b20-18+,22-19+/t21-,23-,24+,25+,26+/m1/s1. The lowest BCUT2D eigenvalue weighted by molar-refractivity contribution is -0.138. The molecule has 0 radical (unpaired) electrons. The van der Waals surface area contributed by atoms with Gasteiger partial charge in [0.1, 0.15) is 18.5 Å². The maximum absolute atomic E-state index is 12.1. The first-order chi connectivity index (χ1) is 16.7. The van der Waals surface area contributed by atoms with E-state index >= 15 is 0 Å². The van der Waals surface area contributed by atoms with Gasteiger partial charge in [0.05, 0.1) is 18.8 Å². The highest BCUT2D eigenvalue weighted by molar-refractivity contribution is 6.74. The molecule has 0 aromatic heterocycles. The van der Waals surface area contributed by atoms with Crippen LogP contribution in [0.5, 0.6) is 0 Å². The van der Waals surface area contributed by atoms with Crippen LogP contribution in [0, 0.1) is 5.92 Å². The number of allylic oxidation sites excluding steroid dienone is 2. The number of rotatable bonds is 13. The molecule has 0 unspecified atom stereocenters. The van der Waals surface area contributed by atoms with E-state index in [-0.39, 0.29) is 46.4 Å². The zero-order valence-electron chi connectivity index (χ0n) is 26.0. The molecule has 0 amide bonds. The fourth-order valence-corrected chi connectivity index (χ4v) is 6.52. The minimum Gasteiger partial charge on any atom is -0.463 e. The van der Waals surface area contributed by atoms with Gasteiger partial charge in [-0.1, -0.05) is 60.1 Å². The maximum Gasteiger partial charge on any atom is 0.333 e. The van der Waals surface area contributed by atoms with Crippen molar-refractivity contribution >= 4 is 28.9 Å². The zero-order valence-corrected chi connectivity index (χ0v) is 28.0. The Kier molecular flexibility index (Phi) is 11.8. The van der Waals surface area contributed by atoms with Gasteiger partial charge in [-0.25, -0.2) is 4.79 Å². The number of hydrogen-bond donors (Lipinski definition) is 0. The van der Waals surface area contributed by atoms with Crippen molar-refractivity contribution in [1.82, 2.24) is 0 Å². The van der Waals surface area contributed by atoms with Crippen LogP contribution in [0.25, 0.3) is 0 Å². The fourth-order valence-electron chi connectivity index (χ4n) is 3.79. The summed E-state index contributed by atoms with van der Waals surface area (Å²) in [6, 6.07) is 0. The van der Waals surface area contributed by atoms with Gasteiger partial charge in [0, 0.05) is 17.9 Å². The molecular formula is C29H54O6Si2. The molecule has 214 valence electrons. The first-order valence-electron chi connectivity index (χ1n) is 13.7. The Morgan fingerprint density at radius 3 is 1.92 bits per heavy atom. The molecule has 8 heteroatoms. The average molecular weight is 555 g/mol. The van der Waals surface area contributed by atoms with Gasteiger partial charge < -0.3 is 23.1 Å². The summed E-state index contributed by atoms with van der Waals surface area (Å²) in [4.78, 5) is 23.7. The third kappa shape index (κ3) is 9.57. The van der Waals surface area contributed by atoms with Crippen molar-refractivity contribution in [2.75, 3.05) is 6.61 Å². The van der Waals surface area contributed by atoms with Gasteiger partial charge in [-0.15, -0.1) is 0 Å². The van der Waals surface area contributed by atoms with E-state index in [0.29, 0.717) is 18.6 Å². The number of epoxide rings is 1. The van der Waals surface area contributed by atoms with Crippen LogP contribution in [0.3, 0.4) is 0 Å². The Morgan fingerprint density at radius 2 is 1.46 bits per heavy atom. The van der Waals surface area contributed by atoms with Crippen molar-refractivity contribution < 1.29 is 27.9 Å². The summed E-state index contributed by atoms with van der Waals surface area (Å²) in [7, 11) is -4.22. The molecule has 0 aliphatic carbocycles. The monoisotopic (exact) mass is 554 g/mol. The highest BCUT2D eigenvalue weighted by Gasteiger charge is 2.55. The lowest BCUT2D eigenvalue weighted by Gasteiger charge is -2.41. The minimum absolute atomic E-state index is 0.0279. The number of esters is 1. The predicted octanol–water partition coefficient (Wildman–Crippen LogP) is 7.22. The number of ether oxygens (including phenoxy) is 2. The molecule has 5 atom stereocenters. The molecule has 1 rings (SSSR count). The average Bonchev–Trinajstić information content (AvgIpc) is 3.50. The smallest absolute Gasteiger partial charge is 0.333 e. The highest BCUT2D eigenvalue weighted by Crippen LogP contribution is 2.45. The molecular weight excluding hydrogens is 500 g/mol. The Labute approximate surface area is 228 Å². The van der Waals surface area contributed by atoms with Gasteiger partial charge in [0.2, 0.25) is 0 Å². The number of carbonyl (C=O) groups is 2. The van der Waals surface area contributed by atoms with Crippen LogP contribution in [0.15, 0.2) is 23.3 Å². The summed E-state index contributed by atoms with van der Waals surface area (Å²) in [6.07, 6.45) is 4.45. The van der Waals surface area contributed by atoms with Crippen LogP contribution >= 0.6 is 0 Å². The van der Waals surface area contributed by atoms with Crippen molar-refractivity contribution in [2.45, 2.75) is 136 Å². The van der Waals surface area contributed by atoms with Crippen LogP contribution < -0.4 is 0 Å². The Bertz CT molecular complexity index is 847. The van der Waals surface area contributed by atoms with Gasteiger partial charge in [0.25, 0.3) is 0 Å². The van der Waals surface area contributed by atoms with E-state index in [2.05, 4.69) is 80.7 Å². The van der Waals surface area contributed by atoms with Crippen molar-refractivity contribution in [3.63, 3.8) is 0 Å². The summed E-state index contributed by atoms with van der Waals surface area (Å²) in [5.41, 5.74) is 1.54. The molecule has 0 bridgehead atoms. The molecule has 0 aromatic carbocycles. The number of aldehydes is 1. The van der Waals surface area contributed by atoms with Crippen LogP contribution in [0.4, 0.5) is 0 Å². The molecule has 0 N–H and O–H groups in total. The molecule has 37 heavy (non-hydrogen) atoms. The Morgan fingerprint density at radius 1 is 0.946 bits per heavy atom. The van der Waals surface area contributed by atoms with Crippen LogP contribution in [0.2, 0.25) is 36.3 Å². The van der Waals surface area contributed by atoms with E-state index in [1.165, 1.54) is 0 Å². The Hall–Kier alpha value is -1.07. The molecule has 6 nitrogen and oxygen atoms in total. The van der Waals surface area contributed by atoms with Crippen molar-refractivity contribution in [3.05, 3.63) is 23.3 Å². The van der Waals surface area contributed by atoms with Gasteiger partial charge >= 0.3 is 5.97 Å². The Balaban J connectivity index is 3.29. The third-order valence-electron chi connectivity index (χ3n) is 8.15. The van der Waals surface area contributed by atoms with Gasteiger partial charge in [0.15, 0.2) is 16.6 Å². The third-order valence-corrected chi connectivity index (χ3v) is 17.1. The highest BCUT2D eigenvalue weighted by atomic mass is 28.4. The summed E-state index contributed by atoms with van der Waals surface area (Å²) in [5.74, 6) is -0.276. The van der Waals surface area contributed by atoms with E-state index in [1.807, 2.05) is 13.0 Å². The van der Waals surface area contributed by atoms with Crippen molar-refractivity contribution in [2.24, 2.45) is 5.92 Å². The summed E-state index contributed by atoms with van der Waals surface area (Å²) >= 11 is 0. The minimum atomic E-state index is -2.13. The second-order valence-corrected chi connectivity index (χ2v) is 23.1. The topological polar surface area (TPSA) is 74.4 Å².